The number of allylic oxidation sites excluding steroid dienone is 1. The molecular weight excluding hydrogens is 144 g/mol. The van der Waals surface area contributed by atoms with Crippen LogP contribution < -0.4 is 0 Å². The quantitative estimate of drug-likeness (QED) is 0.543. The predicted octanol–water partition coefficient (Wildman–Crippen LogP) is 3.26. The zero-order valence-corrected chi connectivity index (χ0v) is 7.72. The number of hydrogen-bond acceptors (Lipinski definition) is 0. The number of aryl methyl sites for hydroxylation is 1. The fourth-order valence-electron chi connectivity index (χ4n) is 1.82. The summed E-state index contributed by atoms with van der Waals surface area (Å²) in [6.45, 7) is 4.42. The number of hydrogen-bond donors (Lipinski definition) is 0. The van der Waals surface area contributed by atoms with Gasteiger partial charge in [0.1, 0.15) is 0 Å². The van der Waals surface area contributed by atoms with E-state index in [4.69, 9.17) is 0 Å². The van der Waals surface area contributed by atoms with E-state index in [-0.39, 0.29) is 0 Å². The average Bonchev–Trinajstić information content (AvgIpc) is 2.12. The Balaban J connectivity index is 2.63. The second kappa shape index (κ2) is 2.78. The summed E-state index contributed by atoms with van der Waals surface area (Å²) in [5, 5.41) is 0. The summed E-state index contributed by atoms with van der Waals surface area (Å²) in [5.41, 5.74) is 5.88. The molecule has 0 heteroatoms. The molecule has 1 aromatic rings. The molecule has 2 rings (SSSR count). The van der Waals surface area contributed by atoms with Gasteiger partial charge in [0.15, 0.2) is 0 Å². The highest BCUT2D eigenvalue weighted by Gasteiger charge is 2.07. The number of rotatable bonds is 0. The maximum Gasteiger partial charge on any atom is -0.0225 e. The summed E-state index contributed by atoms with van der Waals surface area (Å²) in [6, 6.07) is 4.44. The van der Waals surface area contributed by atoms with E-state index in [0.717, 1.165) is 0 Å². The molecule has 0 amide bonds. The monoisotopic (exact) mass is 158 g/mol. The highest BCUT2D eigenvalue weighted by molar-refractivity contribution is 5.59. The summed E-state index contributed by atoms with van der Waals surface area (Å²) in [7, 11) is 0. The zero-order chi connectivity index (χ0) is 8.55. The minimum atomic E-state index is 1.21. The third-order valence-electron chi connectivity index (χ3n) is 2.76. The molecule has 0 fully saturated rings. The van der Waals surface area contributed by atoms with Gasteiger partial charge in [-0.2, -0.15) is 0 Å². The van der Waals surface area contributed by atoms with Gasteiger partial charge >= 0.3 is 0 Å². The van der Waals surface area contributed by atoms with Crippen molar-refractivity contribution >= 4 is 6.08 Å². The normalized spacial score (nSPS) is 14.5. The van der Waals surface area contributed by atoms with E-state index in [0.29, 0.717) is 0 Å². The lowest BCUT2D eigenvalue weighted by Gasteiger charge is -2.14. The van der Waals surface area contributed by atoms with Crippen LogP contribution in [0, 0.1) is 13.8 Å². The van der Waals surface area contributed by atoms with Gasteiger partial charge in [0.25, 0.3) is 0 Å². The average molecular weight is 158 g/mol. The Morgan fingerprint density at radius 2 is 2.00 bits per heavy atom. The fourth-order valence-corrected chi connectivity index (χ4v) is 1.82. The Morgan fingerprint density at radius 1 is 1.17 bits per heavy atom. The van der Waals surface area contributed by atoms with Crippen LogP contribution in [0.4, 0.5) is 0 Å². The van der Waals surface area contributed by atoms with Crippen LogP contribution >= 0.6 is 0 Å². The number of fused-ring (bicyclic) bond motifs is 1. The van der Waals surface area contributed by atoms with Crippen LogP contribution in [0.5, 0.6) is 0 Å². The van der Waals surface area contributed by atoms with Crippen LogP contribution in [-0.4, -0.2) is 0 Å². The summed E-state index contributed by atoms with van der Waals surface area (Å²) < 4.78 is 0. The lowest BCUT2D eigenvalue weighted by molar-refractivity contribution is 0.965. The van der Waals surface area contributed by atoms with Crippen molar-refractivity contribution in [2.45, 2.75) is 26.7 Å². The predicted molar refractivity (Wildman–Crippen MR) is 53.3 cm³/mol. The maximum atomic E-state index is 2.26. The van der Waals surface area contributed by atoms with Gasteiger partial charge in [-0.1, -0.05) is 24.3 Å². The summed E-state index contributed by atoms with van der Waals surface area (Å²) in [6.07, 6.45) is 6.93. The van der Waals surface area contributed by atoms with Crippen molar-refractivity contribution in [1.82, 2.24) is 0 Å². The van der Waals surface area contributed by atoms with Crippen molar-refractivity contribution in [1.29, 1.82) is 0 Å². The molecular formula is C12H14. The van der Waals surface area contributed by atoms with Gasteiger partial charge < -0.3 is 0 Å². The molecule has 1 aliphatic rings. The van der Waals surface area contributed by atoms with Crippen LogP contribution in [0.1, 0.15) is 28.7 Å². The summed E-state index contributed by atoms with van der Waals surface area (Å²) in [5.74, 6) is 0. The Labute approximate surface area is 73.9 Å². The Morgan fingerprint density at radius 3 is 2.83 bits per heavy atom. The minimum Gasteiger partial charge on any atom is -0.0836 e. The van der Waals surface area contributed by atoms with Crippen molar-refractivity contribution in [2.24, 2.45) is 0 Å². The van der Waals surface area contributed by atoms with E-state index >= 15 is 0 Å². The molecule has 0 bridgehead atoms. The fraction of sp³-hybridized carbons (Fsp3) is 0.333. The standard InChI is InChI=1S/C12H14/c1-9-7-8-11-5-3-4-6-12(11)10(9)2/h3,5,7-8H,4,6H2,1-2H3. The molecule has 1 aromatic carbocycles. The summed E-state index contributed by atoms with van der Waals surface area (Å²) in [4.78, 5) is 0. The molecule has 0 atom stereocenters. The van der Waals surface area contributed by atoms with Crippen LogP contribution in [0.3, 0.4) is 0 Å². The second-order valence-corrected chi connectivity index (χ2v) is 3.52. The van der Waals surface area contributed by atoms with Gasteiger partial charge in [-0.05, 0) is 48.9 Å². The molecule has 1 aliphatic carbocycles. The van der Waals surface area contributed by atoms with Gasteiger partial charge in [0, 0.05) is 0 Å². The van der Waals surface area contributed by atoms with Crippen molar-refractivity contribution in [3.63, 3.8) is 0 Å². The number of benzene rings is 1. The first kappa shape index (κ1) is 7.60. The molecule has 0 aliphatic heterocycles. The molecule has 0 radical (unpaired) electrons. The summed E-state index contributed by atoms with van der Waals surface area (Å²) >= 11 is 0. The van der Waals surface area contributed by atoms with Crippen LogP contribution in [0.25, 0.3) is 6.08 Å². The third-order valence-corrected chi connectivity index (χ3v) is 2.76. The van der Waals surface area contributed by atoms with Crippen LogP contribution in [-0.2, 0) is 6.42 Å². The van der Waals surface area contributed by atoms with Gasteiger partial charge in [-0.3, -0.25) is 0 Å². The molecule has 62 valence electrons. The first-order valence-electron chi connectivity index (χ1n) is 4.54. The van der Waals surface area contributed by atoms with Crippen molar-refractivity contribution < 1.29 is 0 Å². The lowest BCUT2D eigenvalue weighted by Crippen LogP contribution is -1.98. The van der Waals surface area contributed by atoms with E-state index in [2.05, 4.69) is 38.1 Å². The molecule has 0 aromatic heterocycles. The SMILES string of the molecule is Cc1ccc2c(c1C)CCC=C2. The lowest BCUT2D eigenvalue weighted by atomic mass is 9.91. The van der Waals surface area contributed by atoms with Crippen molar-refractivity contribution in [3.8, 4) is 0 Å². The molecule has 0 N–H and O–H groups in total. The Kier molecular flexibility index (Phi) is 1.76. The molecule has 12 heavy (non-hydrogen) atoms. The molecule has 0 spiro atoms. The highest BCUT2D eigenvalue weighted by Crippen LogP contribution is 2.24. The second-order valence-electron chi connectivity index (χ2n) is 3.52. The molecule has 0 nitrogen and oxygen atoms in total. The molecule has 0 unspecified atom stereocenters. The van der Waals surface area contributed by atoms with E-state index in [1.54, 1.807) is 5.56 Å². The van der Waals surface area contributed by atoms with E-state index in [9.17, 15) is 0 Å². The van der Waals surface area contributed by atoms with Gasteiger partial charge in [0.05, 0.1) is 0 Å². The van der Waals surface area contributed by atoms with E-state index in [1.165, 1.54) is 29.5 Å². The van der Waals surface area contributed by atoms with Crippen molar-refractivity contribution in [3.05, 3.63) is 40.5 Å². The molecule has 0 heterocycles. The molecule has 0 saturated carbocycles. The molecule has 0 saturated heterocycles. The van der Waals surface area contributed by atoms with Crippen LogP contribution in [0.2, 0.25) is 0 Å². The largest absolute Gasteiger partial charge is 0.0836 e. The van der Waals surface area contributed by atoms with E-state index in [1.807, 2.05) is 0 Å². The smallest absolute Gasteiger partial charge is 0.0225 e. The first-order valence-corrected chi connectivity index (χ1v) is 4.54. The topological polar surface area (TPSA) is 0 Å². The van der Waals surface area contributed by atoms with Gasteiger partial charge in [-0.15, -0.1) is 0 Å². The first-order chi connectivity index (χ1) is 5.79. The van der Waals surface area contributed by atoms with Gasteiger partial charge in [-0.25, -0.2) is 0 Å². The van der Waals surface area contributed by atoms with E-state index < -0.39 is 0 Å². The highest BCUT2D eigenvalue weighted by atomic mass is 14.1. The maximum absolute atomic E-state index is 2.26. The zero-order valence-electron chi connectivity index (χ0n) is 7.72. The van der Waals surface area contributed by atoms with Gasteiger partial charge in [0.2, 0.25) is 0 Å². The van der Waals surface area contributed by atoms with Crippen molar-refractivity contribution in [2.75, 3.05) is 0 Å². The third kappa shape index (κ3) is 1.08. The van der Waals surface area contributed by atoms with Crippen LogP contribution in [0.15, 0.2) is 18.2 Å². The Bertz CT molecular complexity index is 332. The minimum absolute atomic E-state index is 1.21. The Hall–Kier alpha value is -1.04.